The van der Waals surface area contributed by atoms with Gasteiger partial charge in [-0.25, -0.2) is 0 Å². The van der Waals surface area contributed by atoms with E-state index >= 15 is 0 Å². The minimum atomic E-state index is -0.724. The van der Waals surface area contributed by atoms with Gasteiger partial charge in [-0.1, -0.05) is 91.6 Å². The molecule has 3 aromatic rings. The van der Waals surface area contributed by atoms with Crippen molar-refractivity contribution in [3.63, 3.8) is 0 Å². The molecule has 0 fully saturated rings. The second kappa shape index (κ2) is 13.9. The van der Waals surface area contributed by atoms with Gasteiger partial charge in [0.05, 0.1) is 5.02 Å². The summed E-state index contributed by atoms with van der Waals surface area (Å²) in [5, 5.41) is 4.05. The van der Waals surface area contributed by atoms with Crippen LogP contribution in [0.1, 0.15) is 31.4 Å². The van der Waals surface area contributed by atoms with Gasteiger partial charge >= 0.3 is 0 Å². The summed E-state index contributed by atoms with van der Waals surface area (Å²) < 4.78 is 5.75. The lowest BCUT2D eigenvalue weighted by Gasteiger charge is -2.31. The van der Waals surface area contributed by atoms with Crippen LogP contribution in [-0.2, 0) is 22.6 Å². The molecule has 0 heterocycles. The van der Waals surface area contributed by atoms with E-state index in [-0.39, 0.29) is 25.0 Å². The fraction of sp³-hybridized carbons (Fsp3) is 0.310. The van der Waals surface area contributed by atoms with Crippen LogP contribution in [0.4, 0.5) is 0 Å². The molecule has 1 N–H and O–H groups in total. The molecule has 0 saturated carbocycles. The Morgan fingerprint density at radius 3 is 2.22 bits per heavy atom. The van der Waals surface area contributed by atoms with Crippen molar-refractivity contribution >= 4 is 35.0 Å². The summed E-state index contributed by atoms with van der Waals surface area (Å²) in [7, 11) is 0. The van der Waals surface area contributed by atoms with E-state index in [1.807, 2.05) is 42.5 Å². The van der Waals surface area contributed by atoms with E-state index in [1.165, 1.54) is 0 Å². The summed E-state index contributed by atoms with van der Waals surface area (Å²) in [5.41, 5.74) is 1.82. The van der Waals surface area contributed by atoms with Crippen molar-refractivity contribution < 1.29 is 14.3 Å². The molecule has 1 atom stereocenters. The second-order valence-corrected chi connectivity index (χ2v) is 9.89. The van der Waals surface area contributed by atoms with Crippen LogP contribution < -0.4 is 10.1 Å². The van der Waals surface area contributed by atoms with Crippen molar-refractivity contribution in [2.75, 3.05) is 13.2 Å². The number of halogens is 2. The Bertz CT molecular complexity index is 1120. The molecule has 0 aliphatic heterocycles. The zero-order valence-electron chi connectivity index (χ0n) is 20.6. The minimum Gasteiger partial charge on any atom is -0.482 e. The van der Waals surface area contributed by atoms with Crippen molar-refractivity contribution in [1.82, 2.24) is 10.2 Å². The van der Waals surface area contributed by atoms with Crippen LogP contribution in [0.25, 0.3) is 0 Å². The molecule has 0 radical (unpaired) electrons. The van der Waals surface area contributed by atoms with Gasteiger partial charge in [0, 0.05) is 24.5 Å². The number of carbonyl (C=O) groups is 2. The van der Waals surface area contributed by atoms with Crippen LogP contribution in [0.15, 0.2) is 78.9 Å². The average Bonchev–Trinajstić information content (AvgIpc) is 2.87. The number of para-hydroxylation sites is 1. The van der Waals surface area contributed by atoms with Gasteiger partial charge in [-0.2, -0.15) is 0 Å². The number of nitrogens with zero attached hydrogens (tertiary/aromatic N) is 1. The average molecular weight is 527 g/mol. The fourth-order valence-corrected chi connectivity index (χ4v) is 4.04. The third kappa shape index (κ3) is 8.58. The van der Waals surface area contributed by atoms with Gasteiger partial charge in [0.1, 0.15) is 11.8 Å². The Kier molecular flexibility index (Phi) is 10.6. The van der Waals surface area contributed by atoms with Gasteiger partial charge in [-0.3, -0.25) is 9.59 Å². The maximum Gasteiger partial charge on any atom is 0.261 e. The third-order valence-electron chi connectivity index (χ3n) is 5.75. The molecular formula is C29H32Cl2N2O3. The summed E-state index contributed by atoms with van der Waals surface area (Å²) >= 11 is 12.3. The van der Waals surface area contributed by atoms with Crippen LogP contribution in [0.2, 0.25) is 10.0 Å². The second-order valence-electron chi connectivity index (χ2n) is 9.05. The summed E-state index contributed by atoms with van der Waals surface area (Å²) in [4.78, 5) is 28.6. The highest BCUT2D eigenvalue weighted by Gasteiger charge is 2.30. The number of benzene rings is 3. The monoisotopic (exact) mass is 526 g/mol. The molecule has 3 aromatic carbocycles. The van der Waals surface area contributed by atoms with Crippen molar-refractivity contribution in [2.45, 2.75) is 39.3 Å². The Balaban J connectivity index is 1.88. The molecule has 36 heavy (non-hydrogen) atoms. The van der Waals surface area contributed by atoms with Crippen LogP contribution >= 0.6 is 23.2 Å². The van der Waals surface area contributed by atoms with E-state index in [9.17, 15) is 9.59 Å². The largest absolute Gasteiger partial charge is 0.482 e. The van der Waals surface area contributed by atoms with E-state index < -0.39 is 6.04 Å². The number of carbonyl (C=O) groups excluding carboxylic acids is 2. The van der Waals surface area contributed by atoms with Gasteiger partial charge in [0.2, 0.25) is 5.91 Å². The standard InChI is InChI=1S/C29H32Cl2N2O3/c1-21(2)16-17-32-29(35)26(18-22-8-4-3-5-9-22)33(19-23-12-14-24(30)15-13-23)28(34)20-36-27-11-7-6-10-25(27)31/h3-15,21,26H,16-20H2,1-2H3,(H,32,35)/t26-/m1/s1. The SMILES string of the molecule is CC(C)CCNC(=O)[C@@H](Cc1ccccc1)N(Cc1ccc(Cl)cc1)C(=O)COc1ccccc1Cl. The van der Waals surface area contributed by atoms with E-state index in [2.05, 4.69) is 19.2 Å². The third-order valence-corrected chi connectivity index (χ3v) is 6.31. The Labute approximate surface area is 223 Å². The predicted molar refractivity (Wildman–Crippen MR) is 145 cm³/mol. The van der Waals surface area contributed by atoms with Gasteiger partial charge in [0.15, 0.2) is 6.61 Å². The molecule has 5 nitrogen and oxygen atoms in total. The predicted octanol–water partition coefficient (Wildman–Crippen LogP) is 6.17. The first kappa shape index (κ1) is 27.6. The highest BCUT2D eigenvalue weighted by Crippen LogP contribution is 2.24. The van der Waals surface area contributed by atoms with E-state index in [0.717, 1.165) is 17.5 Å². The number of hydrogen-bond donors (Lipinski definition) is 1. The van der Waals surface area contributed by atoms with Gasteiger partial charge in [0.25, 0.3) is 5.91 Å². The first-order chi connectivity index (χ1) is 17.3. The molecule has 190 valence electrons. The normalized spacial score (nSPS) is 11.7. The molecule has 0 saturated heterocycles. The molecule has 0 aromatic heterocycles. The molecule has 0 spiro atoms. The number of hydrogen-bond acceptors (Lipinski definition) is 3. The molecule has 0 aliphatic carbocycles. The highest BCUT2D eigenvalue weighted by molar-refractivity contribution is 6.32. The van der Waals surface area contributed by atoms with E-state index in [4.69, 9.17) is 27.9 Å². The maximum absolute atomic E-state index is 13.6. The molecule has 2 amide bonds. The quantitative estimate of drug-likeness (QED) is 0.306. The number of rotatable bonds is 12. The lowest BCUT2D eigenvalue weighted by molar-refractivity contribution is -0.142. The first-order valence-corrected chi connectivity index (χ1v) is 12.8. The molecule has 3 rings (SSSR count). The topological polar surface area (TPSA) is 58.6 Å². The number of nitrogens with one attached hydrogen (secondary N) is 1. The molecule has 0 unspecified atom stereocenters. The van der Waals surface area contributed by atoms with E-state index in [0.29, 0.717) is 34.7 Å². The zero-order valence-corrected chi connectivity index (χ0v) is 22.1. The molecule has 7 heteroatoms. The Hall–Kier alpha value is -3.02. The molecule has 0 aliphatic rings. The Morgan fingerprint density at radius 1 is 0.889 bits per heavy atom. The number of amides is 2. The van der Waals surface area contributed by atoms with Crippen LogP contribution in [0.3, 0.4) is 0 Å². The van der Waals surface area contributed by atoms with E-state index in [1.54, 1.807) is 41.3 Å². The first-order valence-electron chi connectivity index (χ1n) is 12.1. The lowest BCUT2D eigenvalue weighted by atomic mass is 10.0. The number of ether oxygens (including phenoxy) is 1. The minimum absolute atomic E-state index is 0.195. The zero-order chi connectivity index (χ0) is 25.9. The van der Waals surface area contributed by atoms with Gasteiger partial charge in [-0.15, -0.1) is 0 Å². The maximum atomic E-state index is 13.6. The van der Waals surface area contributed by atoms with Gasteiger partial charge in [-0.05, 0) is 47.7 Å². The summed E-state index contributed by atoms with van der Waals surface area (Å²) in [6.45, 7) is 4.74. The summed E-state index contributed by atoms with van der Waals surface area (Å²) in [5.74, 6) is 0.359. The van der Waals surface area contributed by atoms with Crippen LogP contribution in [0, 0.1) is 5.92 Å². The molecule has 0 bridgehead atoms. The Morgan fingerprint density at radius 2 is 1.56 bits per heavy atom. The van der Waals surface area contributed by atoms with Crippen molar-refractivity contribution in [2.24, 2.45) is 5.92 Å². The highest BCUT2D eigenvalue weighted by atomic mass is 35.5. The van der Waals surface area contributed by atoms with Crippen molar-refractivity contribution in [3.8, 4) is 5.75 Å². The van der Waals surface area contributed by atoms with Crippen molar-refractivity contribution in [1.29, 1.82) is 0 Å². The fourth-order valence-electron chi connectivity index (χ4n) is 3.73. The van der Waals surface area contributed by atoms with Crippen LogP contribution in [-0.4, -0.2) is 35.9 Å². The smallest absolute Gasteiger partial charge is 0.261 e. The summed E-state index contributed by atoms with van der Waals surface area (Å²) in [6, 6.07) is 23.2. The van der Waals surface area contributed by atoms with Crippen molar-refractivity contribution in [3.05, 3.63) is 100 Å². The molecular weight excluding hydrogens is 495 g/mol. The lowest BCUT2D eigenvalue weighted by Crippen LogP contribution is -2.52. The van der Waals surface area contributed by atoms with Crippen LogP contribution in [0.5, 0.6) is 5.75 Å². The van der Waals surface area contributed by atoms with Gasteiger partial charge < -0.3 is 15.0 Å². The summed E-state index contributed by atoms with van der Waals surface area (Å²) in [6.07, 6.45) is 1.23.